The van der Waals surface area contributed by atoms with E-state index in [1.165, 1.54) is 24.3 Å². The second-order valence-electron chi connectivity index (χ2n) is 5.92. The maximum absolute atomic E-state index is 13.0. The maximum atomic E-state index is 13.0. The number of ether oxygens (including phenoxy) is 1. The minimum atomic E-state index is -4.72. The number of amides is 1. The van der Waals surface area contributed by atoms with E-state index in [0.717, 1.165) is 5.02 Å². The molecule has 1 amide bonds. The first-order chi connectivity index (χ1) is 13.2. The average molecular weight is 436 g/mol. The molecular weight excluding hydrogens is 418 g/mol. The third kappa shape index (κ3) is 6.10. The van der Waals surface area contributed by atoms with Crippen LogP contribution in [0, 0.1) is 0 Å². The number of nitrogens with zero attached hydrogens (tertiary/aromatic N) is 1. The van der Waals surface area contributed by atoms with E-state index in [-0.39, 0.29) is 6.61 Å². The average Bonchev–Trinajstić information content (AvgIpc) is 2.64. The first kappa shape index (κ1) is 22.5. The van der Waals surface area contributed by atoms with Crippen LogP contribution >= 0.6 is 23.2 Å². The zero-order valence-corrected chi connectivity index (χ0v) is 16.1. The van der Waals surface area contributed by atoms with Gasteiger partial charge in [-0.3, -0.25) is 4.79 Å². The third-order valence-corrected chi connectivity index (χ3v) is 4.50. The van der Waals surface area contributed by atoms with Crippen molar-refractivity contribution in [2.24, 2.45) is 0 Å². The Morgan fingerprint density at radius 2 is 1.64 bits per heavy atom. The van der Waals surface area contributed by atoms with Gasteiger partial charge in [-0.25, -0.2) is 0 Å². The summed E-state index contributed by atoms with van der Waals surface area (Å²) in [5.74, 6) is -0.808. The van der Waals surface area contributed by atoms with E-state index in [1.807, 2.05) is 30.3 Å². The number of rotatable bonds is 3. The van der Waals surface area contributed by atoms with Crippen LogP contribution in [0.2, 0.25) is 10.0 Å². The van der Waals surface area contributed by atoms with Crippen LogP contribution in [0.1, 0.15) is 11.6 Å². The Kier molecular flexibility index (Phi) is 8.12. The Morgan fingerprint density at radius 3 is 2.11 bits per heavy atom. The third-order valence-electron chi connectivity index (χ3n) is 4.00. The number of alkyl halides is 3. The summed E-state index contributed by atoms with van der Waals surface area (Å²) in [6, 6.07) is 12.4. The van der Waals surface area contributed by atoms with Gasteiger partial charge in [-0.1, -0.05) is 53.5 Å². The zero-order chi connectivity index (χ0) is 20.7. The highest BCUT2D eigenvalue weighted by Gasteiger charge is 2.48. The number of hydrogen-bond donors (Lipinski definition) is 1. The molecule has 0 aromatic heterocycles. The van der Waals surface area contributed by atoms with Gasteiger partial charge in [0.05, 0.1) is 19.3 Å². The molecule has 0 aliphatic carbocycles. The molecule has 0 spiro atoms. The van der Waals surface area contributed by atoms with Crippen molar-refractivity contribution in [2.75, 3.05) is 19.8 Å². The summed E-state index contributed by atoms with van der Waals surface area (Å²) in [5.41, 5.74) is 0.468. The molecule has 3 rings (SSSR count). The van der Waals surface area contributed by atoms with Gasteiger partial charge in [-0.2, -0.15) is 13.2 Å². The number of morpholine rings is 1. The van der Waals surface area contributed by atoms with Gasteiger partial charge in [0.2, 0.25) is 5.91 Å². The van der Waals surface area contributed by atoms with Crippen molar-refractivity contribution in [3.63, 3.8) is 0 Å². The highest BCUT2D eigenvalue weighted by Crippen LogP contribution is 2.34. The van der Waals surface area contributed by atoms with E-state index in [4.69, 9.17) is 33.0 Å². The zero-order valence-electron chi connectivity index (χ0n) is 14.6. The summed E-state index contributed by atoms with van der Waals surface area (Å²) in [5, 5.41) is 10.3. The van der Waals surface area contributed by atoms with Crippen LogP contribution in [0.4, 0.5) is 13.2 Å². The molecule has 152 valence electrons. The van der Waals surface area contributed by atoms with Crippen molar-refractivity contribution in [3.8, 4) is 0 Å². The number of aliphatic hydroxyl groups excluding tert-OH is 1. The summed E-state index contributed by atoms with van der Waals surface area (Å²) in [6.45, 7) is -1.70. The molecule has 2 aromatic carbocycles. The molecule has 2 unspecified atom stereocenters. The van der Waals surface area contributed by atoms with Crippen LogP contribution in [-0.4, -0.2) is 48.0 Å². The fourth-order valence-electron chi connectivity index (χ4n) is 2.68. The SMILES string of the molecule is Clc1ccccc1.O=C1COCC(c2ccc(Cl)cc2)N1C(CO)C(F)(F)F. The molecule has 1 N–H and O–H groups in total. The molecule has 1 aliphatic rings. The Labute approximate surface area is 170 Å². The van der Waals surface area contributed by atoms with Crippen LogP contribution in [0.25, 0.3) is 0 Å². The smallest absolute Gasteiger partial charge is 0.394 e. The highest BCUT2D eigenvalue weighted by molar-refractivity contribution is 6.30. The van der Waals surface area contributed by atoms with Crippen LogP contribution in [0.5, 0.6) is 0 Å². The van der Waals surface area contributed by atoms with Crippen molar-refractivity contribution < 1.29 is 27.8 Å². The molecule has 1 fully saturated rings. The van der Waals surface area contributed by atoms with Crippen LogP contribution < -0.4 is 0 Å². The van der Waals surface area contributed by atoms with E-state index in [9.17, 15) is 18.0 Å². The molecule has 1 aliphatic heterocycles. The first-order valence-corrected chi connectivity index (χ1v) is 9.02. The predicted molar refractivity (Wildman–Crippen MR) is 100 cm³/mol. The van der Waals surface area contributed by atoms with Crippen LogP contribution in [-0.2, 0) is 9.53 Å². The van der Waals surface area contributed by atoms with E-state index in [2.05, 4.69) is 0 Å². The second-order valence-corrected chi connectivity index (χ2v) is 6.79. The Balaban J connectivity index is 0.000000336. The fraction of sp³-hybridized carbons (Fsp3) is 0.316. The van der Waals surface area contributed by atoms with Gasteiger partial charge in [0.25, 0.3) is 0 Å². The minimum absolute atomic E-state index is 0.0695. The lowest BCUT2D eigenvalue weighted by Crippen LogP contribution is -2.56. The van der Waals surface area contributed by atoms with Gasteiger partial charge in [-0.15, -0.1) is 0 Å². The number of hydrogen-bond acceptors (Lipinski definition) is 3. The summed E-state index contributed by atoms with van der Waals surface area (Å²) in [7, 11) is 0. The number of benzene rings is 2. The Morgan fingerprint density at radius 1 is 1.07 bits per heavy atom. The molecule has 0 radical (unpaired) electrons. The molecule has 4 nitrogen and oxygen atoms in total. The summed E-state index contributed by atoms with van der Waals surface area (Å²) >= 11 is 11.3. The molecule has 1 heterocycles. The number of aliphatic hydroxyl groups is 1. The molecule has 9 heteroatoms. The normalized spacial score (nSPS) is 18.3. The van der Waals surface area contributed by atoms with Gasteiger partial charge in [0.1, 0.15) is 6.61 Å². The lowest BCUT2D eigenvalue weighted by molar-refractivity contribution is -0.213. The number of halogens is 5. The summed E-state index contributed by atoms with van der Waals surface area (Å²) < 4.78 is 44.1. The van der Waals surface area contributed by atoms with Crippen molar-refractivity contribution in [1.82, 2.24) is 4.90 Å². The standard InChI is InChI=1S/C13H13ClF3NO3.C6H5Cl/c14-9-3-1-8(2-4-9)10-6-21-7-12(20)18(10)11(5-19)13(15,16)17;7-6-4-2-1-3-5-6/h1-4,10-11,19H,5-7H2;1-5H. The van der Waals surface area contributed by atoms with Gasteiger partial charge < -0.3 is 14.7 Å². The molecule has 2 aromatic rings. The quantitative estimate of drug-likeness (QED) is 0.771. The summed E-state index contributed by atoms with van der Waals surface area (Å²) in [4.78, 5) is 12.5. The van der Waals surface area contributed by atoms with Crippen molar-refractivity contribution in [1.29, 1.82) is 0 Å². The molecule has 2 atom stereocenters. The number of carbonyl (C=O) groups excluding carboxylic acids is 1. The van der Waals surface area contributed by atoms with Gasteiger partial charge in [0, 0.05) is 10.0 Å². The highest BCUT2D eigenvalue weighted by atomic mass is 35.5. The summed E-state index contributed by atoms with van der Waals surface area (Å²) in [6.07, 6.45) is -4.72. The fourth-order valence-corrected chi connectivity index (χ4v) is 2.95. The molecular formula is C19H18Cl2F3NO3. The van der Waals surface area contributed by atoms with Gasteiger partial charge in [-0.05, 0) is 29.8 Å². The lowest BCUT2D eigenvalue weighted by Gasteiger charge is -2.41. The number of carbonyl (C=O) groups is 1. The van der Waals surface area contributed by atoms with E-state index in [1.54, 1.807) is 0 Å². The molecule has 0 bridgehead atoms. The van der Waals surface area contributed by atoms with Gasteiger partial charge >= 0.3 is 6.18 Å². The van der Waals surface area contributed by atoms with Crippen LogP contribution in [0.15, 0.2) is 54.6 Å². The molecule has 0 saturated carbocycles. The van der Waals surface area contributed by atoms with Crippen LogP contribution in [0.3, 0.4) is 0 Å². The lowest BCUT2D eigenvalue weighted by atomic mass is 10.0. The maximum Gasteiger partial charge on any atom is 0.411 e. The molecule has 1 saturated heterocycles. The largest absolute Gasteiger partial charge is 0.411 e. The van der Waals surface area contributed by atoms with Crippen molar-refractivity contribution in [2.45, 2.75) is 18.3 Å². The minimum Gasteiger partial charge on any atom is -0.394 e. The monoisotopic (exact) mass is 435 g/mol. The second kappa shape index (κ2) is 10.1. The van der Waals surface area contributed by atoms with Crippen molar-refractivity contribution in [3.05, 3.63) is 70.2 Å². The predicted octanol–water partition coefficient (Wildman–Crippen LogP) is 4.50. The van der Waals surface area contributed by atoms with Crippen molar-refractivity contribution >= 4 is 29.1 Å². The Bertz CT molecular complexity index is 757. The van der Waals surface area contributed by atoms with E-state index < -0.39 is 37.4 Å². The first-order valence-electron chi connectivity index (χ1n) is 8.26. The van der Waals surface area contributed by atoms with E-state index in [0.29, 0.717) is 15.5 Å². The van der Waals surface area contributed by atoms with Gasteiger partial charge in [0.15, 0.2) is 6.04 Å². The molecule has 28 heavy (non-hydrogen) atoms. The Hall–Kier alpha value is -1.80. The topological polar surface area (TPSA) is 49.8 Å². The van der Waals surface area contributed by atoms with E-state index >= 15 is 0 Å².